The van der Waals surface area contributed by atoms with Gasteiger partial charge in [0, 0.05) is 13.0 Å². The van der Waals surface area contributed by atoms with Gasteiger partial charge in [-0.3, -0.25) is 4.48 Å². The minimum atomic E-state index is -3.98. The molecule has 0 fully saturated rings. The standard InChI is InChI=1S/C12H18NO4S/c1-13(2,9-6-10-14)12(15)18(16,17)11-7-4-3-5-8-11/h3-5,7-8,14H,6,9-10H2,1-2H3/q+1. The monoisotopic (exact) mass is 272 g/mol. The minimum absolute atomic E-state index is 0.00481. The van der Waals surface area contributed by atoms with Gasteiger partial charge in [0.25, 0.3) is 9.84 Å². The molecule has 1 aromatic rings. The molecule has 5 nitrogen and oxygen atoms in total. The smallest absolute Gasteiger partial charge is 0.396 e. The van der Waals surface area contributed by atoms with E-state index in [0.717, 1.165) is 0 Å². The highest BCUT2D eigenvalue weighted by Gasteiger charge is 2.39. The Morgan fingerprint density at radius 2 is 1.78 bits per heavy atom. The summed E-state index contributed by atoms with van der Waals surface area (Å²) in [5, 5.41) is 7.90. The van der Waals surface area contributed by atoms with Crippen LogP contribution in [0, 0.1) is 0 Å². The van der Waals surface area contributed by atoms with Crippen LogP contribution in [0.5, 0.6) is 0 Å². The first kappa shape index (κ1) is 14.8. The van der Waals surface area contributed by atoms with Crippen LogP contribution in [0.4, 0.5) is 4.79 Å². The number of nitrogens with zero attached hydrogens (tertiary/aromatic N) is 1. The topological polar surface area (TPSA) is 71.4 Å². The highest BCUT2D eigenvalue weighted by Crippen LogP contribution is 2.17. The molecule has 0 spiro atoms. The lowest BCUT2D eigenvalue weighted by molar-refractivity contribution is -0.802. The number of benzene rings is 1. The molecule has 100 valence electrons. The maximum atomic E-state index is 12.1. The van der Waals surface area contributed by atoms with Crippen molar-refractivity contribution >= 4 is 15.1 Å². The number of carbonyl (C=O) groups excluding carboxylic acids is 1. The van der Waals surface area contributed by atoms with Crippen molar-refractivity contribution in [1.29, 1.82) is 0 Å². The molecule has 0 aliphatic carbocycles. The predicted octanol–water partition coefficient (Wildman–Crippen LogP) is 1.04. The van der Waals surface area contributed by atoms with E-state index in [1.165, 1.54) is 26.2 Å². The highest BCUT2D eigenvalue weighted by atomic mass is 32.2. The third-order valence-electron chi connectivity index (χ3n) is 2.65. The van der Waals surface area contributed by atoms with E-state index in [4.69, 9.17) is 5.11 Å². The first-order chi connectivity index (χ1) is 8.32. The van der Waals surface area contributed by atoms with Crippen LogP contribution >= 0.6 is 0 Å². The SMILES string of the molecule is C[N+](C)(CCCO)C(=O)S(=O)(=O)c1ccccc1. The third kappa shape index (κ3) is 3.16. The zero-order valence-electron chi connectivity index (χ0n) is 10.5. The van der Waals surface area contributed by atoms with Crippen LogP contribution in [0.2, 0.25) is 0 Å². The molecule has 0 aliphatic rings. The second kappa shape index (κ2) is 5.60. The van der Waals surface area contributed by atoms with Crippen molar-refractivity contribution in [3.8, 4) is 0 Å². The Morgan fingerprint density at radius 3 is 2.28 bits per heavy atom. The molecule has 1 N–H and O–H groups in total. The third-order valence-corrected chi connectivity index (χ3v) is 4.50. The van der Waals surface area contributed by atoms with Crippen LogP contribution in [0.25, 0.3) is 0 Å². The Morgan fingerprint density at radius 1 is 1.22 bits per heavy atom. The Kier molecular flexibility index (Phi) is 4.61. The van der Waals surface area contributed by atoms with Crippen molar-refractivity contribution in [2.75, 3.05) is 27.2 Å². The molecule has 6 heteroatoms. The van der Waals surface area contributed by atoms with Crippen LogP contribution in [0.15, 0.2) is 35.2 Å². The normalized spacial score (nSPS) is 12.4. The Balaban J connectivity index is 3.03. The van der Waals surface area contributed by atoms with Gasteiger partial charge in [0.05, 0.1) is 25.5 Å². The van der Waals surface area contributed by atoms with Crippen LogP contribution in [0.3, 0.4) is 0 Å². The van der Waals surface area contributed by atoms with Crippen molar-refractivity contribution < 1.29 is 22.8 Å². The molecule has 0 saturated heterocycles. The van der Waals surface area contributed by atoms with Gasteiger partial charge in [-0.15, -0.1) is 0 Å². The average Bonchev–Trinajstić information content (AvgIpc) is 2.36. The minimum Gasteiger partial charge on any atom is -0.396 e. The number of carbonyl (C=O) groups is 1. The summed E-state index contributed by atoms with van der Waals surface area (Å²) in [6, 6.07) is 7.65. The molecule has 1 aromatic carbocycles. The molecule has 0 aromatic heterocycles. The number of sulfone groups is 1. The number of hydrogen-bond donors (Lipinski definition) is 1. The lowest BCUT2D eigenvalue weighted by Crippen LogP contribution is -2.49. The molecule has 0 saturated carbocycles. The van der Waals surface area contributed by atoms with Crippen LogP contribution < -0.4 is 0 Å². The van der Waals surface area contributed by atoms with Gasteiger partial charge in [-0.05, 0) is 12.1 Å². The Labute approximate surface area is 107 Å². The number of quaternary nitrogens is 1. The fraction of sp³-hybridized carbons (Fsp3) is 0.417. The van der Waals surface area contributed by atoms with Crippen molar-refractivity contribution in [3.63, 3.8) is 0 Å². The van der Waals surface area contributed by atoms with Gasteiger partial charge in [-0.1, -0.05) is 18.2 Å². The Bertz CT molecular complexity index is 508. The van der Waals surface area contributed by atoms with Crippen molar-refractivity contribution in [1.82, 2.24) is 0 Å². The summed E-state index contributed by atoms with van der Waals surface area (Å²) in [4.78, 5) is 12.1. The largest absolute Gasteiger partial charge is 0.435 e. The molecule has 0 unspecified atom stereocenters. The van der Waals surface area contributed by atoms with E-state index in [1.807, 2.05) is 0 Å². The van der Waals surface area contributed by atoms with E-state index in [9.17, 15) is 13.2 Å². The molecule has 1 amide bonds. The molecule has 0 bridgehead atoms. The van der Waals surface area contributed by atoms with Crippen molar-refractivity contribution in [2.24, 2.45) is 0 Å². The van der Waals surface area contributed by atoms with Crippen LogP contribution in [-0.4, -0.2) is 50.5 Å². The summed E-state index contributed by atoms with van der Waals surface area (Å²) in [5.41, 5.74) is 0. The van der Waals surface area contributed by atoms with Gasteiger partial charge in [0.15, 0.2) is 0 Å². The average molecular weight is 272 g/mol. The van der Waals surface area contributed by atoms with E-state index >= 15 is 0 Å². The van der Waals surface area contributed by atoms with Gasteiger partial charge < -0.3 is 5.11 Å². The van der Waals surface area contributed by atoms with E-state index in [0.29, 0.717) is 6.42 Å². The van der Waals surface area contributed by atoms with Crippen molar-refractivity contribution in [2.45, 2.75) is 11.3 Å². The van der Waals surface area contributed by atoms with E-state index in [1.54, 1.807) is 18.2 Å². The molecule has 18 heavy (non-hydrogen) atoms. The quantitative estimate of drug-likeness (QED) is 0.831. The highest BCUT2D eigenvalue weighted by molar-refractivity contribution is 8.05. The number of rotatable bonds is 4. The van der Waals surface area contributed by atoms with Gasteiger partial charge >= 0.3 is 5.24 Å². The van der Waals surface area contributed by atoms with E-state index in [-0.39, 0.29) is 22.5 Å². The maximum absolute atomic E-state index is 12.1. The molecular formula is C12H18NO4S+. The molecule has 0 radical (unpaired) electrons. The lowest BCUT2D eigenvalue weighted by atomic mass is 10.4. The maximum Gasteiger partial charge on any atom is 0.435 e. The molecule has 0 aliphatic heterocycles. The fourth-order valence-electron chi connectivity index (χ4n) is 1.58. The van der Waals surface area contributed by atoms with Gasteiger partial charge in [0.1, 0.15) is 0 Å². The summed E-state index contributed by atoms with van der Waals surface area (Å²) in [6.45, 7) is 0.210. The van der Waals surface area contributed by atoms with Crippen LogP contribution in [0.1, 0.15) is 6.42 Å². The first-order valence-electron chi connectivity index (χ1n) is 5.61. The summed E-state index contributed by atoms with van der Waals surface area (Å²) >= 11 is 0. The second-order valence-corrected chi connectivity index (χ2v) is 6.40. The number of aliphatic hydroxyl groups excluding tert-OH is 1. The zero-order chi connectivity index (χ0) is 13.8. The Hall–Kier alpha value is -1.24. The molecule has 0 atom stereocenters. The lowest BCUT2D eigenvalue weighted by Gasteiger charge is -2.25. The van der Waals surface area contributed by atoms with Gasteiger partial charge in [-0.25, -0.2) is 13.2 Å². The number of aliphatic hydroxyl groups is 1. The second-order valence-electron chi connectivity index (χ2n) is 4.57. The predicted molar refractivity (Wildman–Crippen MR) is 67.7 cm³/mol. The molecule has 1 rings (SSSR count). The van der Waals surface area contributed by atoms with Gasteiger partial charge in [-0.2, -0.15) is 0 Å². The number of hydrogen-bond acceptors (Lipinski definition) is 4. The molecular weight excluding hydrogens is 254 g/mol. The summed E-state index contributed by atoms with van der Waals surface area (Å²) < 4.78 is 23.9. The number of amides is 1. The van der Waals surface area contributed by atoms with E-state index in [2.05, 4.69) is 0 Å². The first-order valence-corrected chi connectivity index (χ1v) is 7.09. The summed E-state index contributed by atoms with van der Waals surface area (Å²) in [5.74, 6) is 0. The van der Waals surface area contributed by atoms with Crippen LogP contribution in [-0.2, 0) is 9.84 Å². The zero-order valence-corrected chi connectivity index (χ0v) is 11.4. The van der Waals surface area contributed by atoms with Crippen molar-refractivity contribution in [3.05, 3.63) is 30.3 Å². The fourth-order valence-corrected chi connectivity index (χ4v) is 3.04. The summed E-state index contributed by atoms with van der Waals surface area (Å²) in [6.07, 6.45) is 0.378. The van der Waals surface area contributed by atoms with Gasteiger partial charge in [0.2, 0.25) is 0 Å². The molecule has 0 heterocycles. The van der Waals surface area contributed by atoms with E-state index < -0.39 is 15.1 Å². The summed E-state index contributed by atoms with van der Waals surface area (Å²) in [7, 11) is -0.923.